The minimum Gasteiger partial charge on any atom is -0.495 e. The van der Waals surface area contributed by atoms with E-state index >= 15 is 0 Å². The highest BCUT2D eigenvalue weighted by Gasteiger charge is 2.34. The van der Waals surface area contributed by atoms with Crippen molar-refractivity contribution < 1.29 is 18.7 Å². The molecule has 2 heterocycles. The molecular weight excluding hydrogens is 427 g/mol. The number of methoxy groups -OCH3 is 2. The van der Waals surface area contributed by atoms with Crippen LogP contribution in [0.5, 0.6) is 11.5 Å². The molecule has 0 saturated carbocycles. The van der Waals surface area contributed by atoms with Gasteiger partial charge in [0.1, 0.15) is 23.4 Å². The fourth-order valence-electron chi connectivity index (χ4n) is 3.44. The summed E-state index contributed by atoms with van der Waals surface area (Å²) in [5.41, 5.74) is 1.70. The summed E-state index contributed by atoms with van der Waals surface area (Å²) in [5, 5.41) is 17.7. The van der Waals surface area contributed by atoms with Gasteiger partial charge in [-0.1, -0.05) is 28.8 Å². The van der Waals surface area contributed by atoms with Crippen molar-refractivity contribution >= 4 is 29.1 Å². The largest absolute Gasteiger partial charge is 0.495 e. The lowest BCUT2D eigenvalue weighted by Gasteiger charge is -2.28. The molecule has 9 nitrogen and oxygen atoms in total. The van der Waals surface area contributed by atoms with Crippen LogP contribution in [0.3, 0.4) is 0 Å². The Bertz CT molecular complexity index is 1200. The van der Waals surface area contributed by atoms with Crippen molar-refractivity contribution in [3.63, 3.8) is 0 Å². The van der Waals surface area contributed by atoms with Crippen LogP contribution in [0.1, 0.15) is 18.5 Å². The quantitative estimate of drug-likeness (QED) is 0.621. The second-order valence-corrected chi connectivity index (χ2v) is 7.12. The lowest BCUT2D eigenvalue weighted by atomic mass is 9.95. The van der Waals surface area contributed by atoms with Gasteiger partial charge < -0.3 is 20.1 Å². The van der Waals surface area contributed by atoms with Crippen LogP contribution in [0, 0.1) is 5.82 Å². The van der Waals surface area contributed by atoms with E-state index in [-0.39, 0.29) is 0 Å². The van der Waals surface area contributed by atoms with Gasteiger partial charge in [-0.25, -0.2) is 4.39 Å². The van der Waals surface area contributed by atoms with Crippen molar-refractivity contribution in [3.8, 4) is 11.5 Å². The first-order valence-corrected chi connectivity index (χ1v) is 9.54. The van der Waals surface area contributed by atoms with E-state index in [0.717, 1.165) is 0 Å². The molecule has 31 heavy (non-hydrogen) atoms. The van der Waals surface area contributed by atoms with E-state index in [4.69, 9.17) is 21.1 Å². The van der Waals surface area contributed by atoms with Crippen LogP contribution in [-0.4, -0.2) is 40.3 Å². The average Bonchev–Trinajstić information content (AvgIpc) is 3.21. The zero-order chi connectivity index (χ0) is 22.1. The van der Waals surface area contributed by atoms with Crippen molar-refractivity contribution in [2.75, 3.05) is 24.9 Å². The molecule has 0 bridgehead atoms. The van der Waals surface area contributed by atoms with E-state index in [1.165, 1.54) is 31.0 Å². The van der Waals surface area contributed by atoms with Gasteiger partial charge in [-0.05, 0) is 35.0 Å². The van der Waals surface area contributed by atoms with Gasteiger partial charge in [0.25, 0.3) is 5.91 Å². The molecule has 4 rings (SSSR count). The third kappa shape index (κ3) is 3.77. The highest BCUT2D eigenvalue weighted by atomic mass is 35.5. The van der Waals surface area contributed by atoms with Crippen LogP contribution >= 0.6 is 11.6 Å². The van der Waals surface area contributed by atoms with E-state index in [1.54, 1.807) is 31.2 Å². The van der Waals surface area contributed by atoms with E-state index in [9.17, 15) is 9.18 Å². The van der Waals surface area contributed by atoms with Gasteiger partial charge in [0.15, 0.2) is 0 Å². The Morgan fingerprint density at radius 3 is 2.71 bits per heavy atom. The number of fused-ring (bicyclic) bond motifs is 1. The molecule has 0 spiro atoms. The lowest BCUT2D eigenvalue weighted by molar-refractivity contribution is -0.113. The van der Waals surface area contributed by atoms with Crippen molar-refractivity contribution in [2.24, 2.45) is 0 Å². The number of aromatic nitrogens is 4. The van der Waals surface area contributed by atoms with E-state index in [0.29, 0.717) is 45.0 Å². The van der Waals surface area contributed by atoms with Crippen molar-refractivity contribution in [1.82, 2.24) is 20.2 Å². The maximum absolute atomic E-state index is 14.0. The number of hydrogen-bond donors (Lipinski definition) is 2. The molecule has 11 heteroatoms. The summed E-state index contributed by atoms with van der Waals surface area (Å²) in [6.07, 6.45) is 0. The van der Waals surface area contributed by atoms with Crippen LogP contribution in [0.15, 0.2) is 47.7 Å². The van der Waals surface area contributed by atoms with Crippen LogP contribution in [0.25, 0.3) is 0 Å². The van der Waals surface area contributed by atoms with Gasteiger partial charge in [-0.15, -0.1) is 0 Å². The van der Waals surface area contributed by atoms with E-state index in [1.807, 2.05) is 0 Å². The number of rotatable bonds is 5. The van der Waals surface area contributed by atoms with Gasteiger partial charge in [0, 0.05) is 17.8 Å². The van der Waals surface area contributed by atoms with Gasteiger partial charge >= 0.3 is 0 Å². The molecule has 1 amide bonds. The molecule has 160 valence electrons. The maximum atomic E-state index is 14.0. The molecule has 3 aromatic rings. The highest BCUT2D eigenvalue weighted by molar-refractivity contribution is 6.32. The van der Waals surface area contributed by atoms with Gasteiger partial charge in [0.05, 0.1) is 30.5 Å². The summed E-state index contributed by atoms with van der Waals surface area (Å²) in [7, 11) is 2.93. The first-order chi connectivity index (χ1) is 14.9. The van der Waals surface area contributed by atoms with Crippen molar-refractivity contribution in [3.05, 3.63) is 64.1 Å². The van der Waals surface area contributed by atoms with E-state index < -0.39 is 17.8 Å². The van der Waals surface area contributed by atoms with Gasteiger partial charge in [-0.3, -0.25) is 4.79 Å². The summed E-state index contributed by atoms with van der Waals surface area (Å²) in [6.45, 7) is 1.72. The number of nitrogens with one attached hydrogen (secondary N) is 2. The number of hydrogen-bond acceptors (Lipinski definition) is 7. The summed E-state index contributed by atoms with van der Waals surface area (Å²) >= 11 is 6.15. The summed E-state index contributed by atoms with van der Waals surface area (Å²) in [4.78, 5) is 13.4. The van der Waals surface area contributed by atoms with Crippen LogP contribution < -0.4 is 20.1 Å². The zero-order valence-electron chi connectivity index (χ0n) is 16.8. The number of carbonyl (C=O) groups excluding carboxylic acids is 1. The second-order valence-electron chi connectivity index (χ2n) is 6.71. The smallest absolute Gasteiger partial charge is 0.255 e. The number of amides is 1. The number of nitrogens with zero attached hydrogens (tertiary/aromatic N) is 4. The molecule has 2 aromatic carbocycles. The Labute approximate surface area is 181 Å². The molecule has 0 aliphatic carbocycles. The Morgan fingerprint density at radius 2 is 2.00 bits per heavy atom. The minimum atomic E-state index is -0.748. The monoisotopic (exact) mass is 444 g/mol. The maximum Gasteiger partial charge on any atom is 0.255 e. The highest BCUT2D eigenvalue weighted by Crippen LogP contribution is 2.38. The lowest BCUT2D eigenvalue weighted by Crippen LogP contribution is -2.31. The van der Waals surface area contributed by atoms with Crippen LogP contribution in [0.2, 0.25) is 5.02 Å². The molecule has 1 aliphatic heterocycles. The van der Waals surface area contributed by atoms with Crippen LogP contribution in [-0.2, 0) is 4.79 Å². The first-order valence-electron chi connectivity index (χ1n) is 9.17. The normalized spacial score (nSPS) is 15.2. The Kier molecular flexibility index (Phi) is 5.47. The topological polar surface area (TPSA) is 103 Å². The molecule has 0 unspecified atom stereocenters. The molecule has 1 aromatic heterocycles. The fraction of sp³-hybridized carbons (Fsp3) is 0.200. The number of anilines is 2. The average molecular weight is 445 g/mol. The third-order valence-corrected chi connectivity index (χ3v) is 5.14. The van der Waals surface area contributed by atoms with Gasteiger partial charge in [0.2, 0.25) is 5.95 Å². The van der Waals surface area contributed by atoms with Crippen molar-refractivity contribution in [1.29, 1.82) is 0 Å². The van der Waals surface area contributed by atoms with Crippen molar-refractivity contribution in [2.45, 2.75) is 13.0 Å². The summed E-state index contributed by atoms with van der Waals surface area (Å²) in [6, 6.07) is 8.29. The predicted octanol–water partition coefficient (Wildman–Crippen LogP) is 3.41. The Balaban J connectivity index is 1.77. The summed E-state index contributed by atoms with van der Waals surface area (Å²) in [5.74, 6) is 0.172. The third-order valence-electron chi connectivity index (χ3n) is 4.85. The predicted molar refractivity (Wildman–Crippen MR) is 112 cm³/mol. The Morgan fingerprint density at radius 1 is 1.23 bits per heavy atom. The number of allylic oxidation sites excluding steroid dienone is 1. The summed E-state index contributed by atoms with van der Waals surface area (Å²) < 4.78 is 26.0. The van der Waals surface area contributed by atoms with E-state index in [2.05, 4.69) is 26.2 Å². The molecular formula is C20H18ClFN6O3. The minimum absolute atomic E-state index is 0.307. The van der Waals surface area contributed by atoms with Crippen LogP contribution in [0.4, 0.5) is 16.0 Å². The number of carbonyl (C=O) groups is 1. The number of ether oxygens (including phenoxy) is 2. The molecule has 0 radical (unpaired) electrons. The first kappa shape index (κ1) is 20.6. The number of benzene rings is 2. The molecule has 2 N–H and O–H groups in total. The molecule has 0 saturated heterocycles. The van der Waals surface area contributed by atoms with Gasteiger partial charge in [-0.2, -0.15) is 4.68 Å². The number of halogens is 2. The standard InChI is InChI=1S/C20H18ClFN6O3/c1-10-17(19(29)24-14-9-15(30-2)13(21)8-16(14)31-3)18(11-5-4-6-12(22)7-11)28-20(23-10)25-26-27-28/h4-9,18H,1-3H3,(H,24,29)(H,23,25,27)/t18-/m0/s1. The fourth-order valence-corrected chi connectivity index (χ4v) is 3.67. The SMILES string of the molecule is COc1cc(NC(=O)C2=C(C)Nc3nnnn3[C@H]2c2cccc(F)c2)c(OC)cc1Cl. The second kappa shape index (κ2) is 8.23. The Hall–Kier alpha value is -3.66. The molecule has 0 fully saturated rings. The zero-order valence-corrected chi connectivity index (χ0v) is 17.6. The molecule has 1 atom stereocenters. The number of tetrazole rings is 1. The molecule has 1 aliphatic rings.